The van der Waals surface area contributed by atoms with Gasteiger partial charge in [0.05, 0.1) is 19.4 Å². The summed E-state index contributed by atoms with van der Waals surface area (Å²) in [4.78, 5) is 23.7. The third-order valence-electron chi connectivity index (χ3n) is 5.00. The van der Waals surface area contributed by atoms with Gasteiger partial charge < -0.3 is 33.0 Å². The Bertz CT molecular complexity index is 837. The average molecular weight is 414 g/mol. The van der Waals surface area contributed by atoms with E-state index in [0.717, 1.165) is 35.1 Å². The molecule has 0 aliphatic rings. The van der Waals surface area contributed by atoms with Crippen molar-refractivity contribution in [2.45, 2.75) is 37.5 Å². The van der Waals surface area contributed by atoms with Crippen LogP contribution in [-0.2, 0) is 20.7 Å². The van der Waals surface area contributed by atoms with E-state index in [1.165, 1.54) is 7.11 Å². The van der Waals surface area contributed by atoms with Crippen LogP contribution in [0, 0.1) is 0 Å². The number of methoxy groups -OCH3 is 1. The van der Waals surface area contributed by atoms with Crippen LogP contribution in [-0.4, -0.2) is 25.5 Å². The van der Waals surface area contributed by atoms with Crippen LogP contribution in [0.5, 0.6) is 0 Å². The zero-order valence-corrected chi connectivity index (χ0v) is 17.2. The lowest BCUT2D eigenvalue weighted by atomic mass is 9.88. The SMILES string of the molecule is COC(=O)CNC(=O)CC(CCc1ccc(C(N)N)cc1)c1cccc(C(N)N)c1. The minimum absolute atomic E-state index is 0.0715. The van der Waals surface area contributed by atoms with Gasteiger partial charge in [-0.1, -0.05) is 48.5 Å². The van der Waals surface area contributed by atoms with Crippen LogP contribution < -0.4 is 28.3 Å². The number of carbonyl (C=O) groups is 2. The third-order valence-corrected chi connectivity index (χ3v) is 5.00. The molecule has 8 nitrogen and oxygen atoms in total. The molecule has 0 fully saturated rings. The van der Waals surface area contributed by atoms with E-state index in [1.54, 1.807) is 0 Å². The smallest absolute Gasteiger partial charge is 0.325 e. The van der Waals surface area contributed by atoms with Crippen LogP contribution in [0.2, 0.25) is 0 Å². The fourth-order valence-corrected chi connectivity index (χ4v) is 3.19. The van der Waals surface area contributed by atoms with Crippen LogP contribution in [0.15, 0.2) is 48.5 Å². The molecular formula is C22H31N5O3. The van der Waals surface area contributed by atoms with E-state index in [1.807, 2.05) is 48.5 Å². The van der Waals surface area contributed by atoms with E-state index < -0.39 is 18.3 Å². The number of hydrogen-bond donors (Lipinski definition) is 5. The number of amides is 1. The second kappa shape index (κ2) is 11.4. The summed E-state index contributed by atoms with van der Waals surface area (Å²) in [5.41, 5.74) is 26.8. The van der Waals surface area contributed by atoms with E-state index >= 15 is 0 Å². The molecule has 2 rings (SSSR count). The first-order valence-electron chi connectivity index (χ1n) is 9.84. The molecule has 0 aliphatic heterocycles. The van der Waals surface area contributed by atoms with Crippen molar-refractivity contribution in [2.24, 2.45) is 22.9 Å². The molecule has 162 valence electrons. The Morgan fingerprint density at radius 3 is 2.17 bits per heavy atom. The minimum Gasteiger partial charge on any atom is -0.468 e. The molecule has 1 unspecified atom stereocenters. The number of esters is 1. The molecular weight excluding hydrogens is 382 g/mol. The fraction of sp³-hybridized carbons (Fsp3) is 0.364. The van der Waals surface area contributed by atoms with E-state index in [9.17, 15) is 9.59 Å². The monoisotopic (exact) mass is 413 g/mol. The molecule has 2 aromatic rings. The van der Waals surface area contributed by atoms with Gasteiger partial charge in [0.25, 0.3) is 0 Å². The fourth-order valence-electron chi connectivity index (χ4n) is 3.19. The zero-order valence-electron chi connectivity index (χ0n) is 17.2. The number of carbonyl (C=O) groups excluding carboxylic acids is 2. The molecule has 0 saturated heterocycles. The molecule has 0 aliphatic carbocycles. The van der Waals surface area contributed by atoms with Gasteiger partial charge >= 0.3 is 5.97 Å². The van der Waals surface area contributed by atoms with Gasteiger partial charge in [-0.15, -0.1) is 0 Å². The first-order valence-corrected chi connectivity index (χ1v) is 9.84. The standard InChI is InChI=1S/C22H31N5O3/c1-30-20(29)13-27-19(28)12-17(16-3-2-4-18(11-16)22(25)26)10-7-14-5-8-15(9-6-14)21(23)24/h2-6,8-9,11,17,21-22H,7,10,12-13,23-26H2,1H3,(H,27,28). The molecule has 30 heavy (non-hydrogen) atoms. The van der Waals surface area contributed by atoms with Crippen molar-refractivity contribution >= 4 is 11.9 Å². The van der Waals surface area contributed by atoms with Crippen LogP contribution >= 0.6 is 0 Å². The van der Waals surface area contributed by atoms with Crippen LogP contribution in [0.1, 0.15) is 53.3 Å². The Hall–Kier alpha value is -2.78. The number of hydrogen-bond acceptors (Lipinski definition) is 7. The maximum absolute atomic E-state index is 12.4. The first-order chi connectivity index (χ1) is 14.3. The summed E-state index contributed by atoms with van der Waals surface area (Å²) >= 11 is 0. The summed E-state index contributed by atoms with van der Waals surface area (Å²) in [6.45, 7) is -0.156. The highest BCUT2D eigenvalue weighted by Gasteiger charge is 2.18. The van der Waals surface area contributed by atoms with Crippen LogP contribution in [0.3, 0.4) is 0 Å². The Balaban J connectivity index is 2.12. The van der Waals surface area contributed by atoms with Crippen LogP contribution in [0.25, 0.3) is 0 Å². The van der Waals surface area contributed by atoms with Gasteiger partial charge in [0.2, 0.25) is 5.91 Å². The lowest BCUT2D eigenvalue weighted by Crippen LogP contribution is -2.31. The molecule has 0 saturated carbocycles. The second-order valence-corrected chi connectivity index (χ2v) is 7.26. The summed E-state index contributed by atoms with van der Waals surface area (Å²) in [6.07, 6.45) is 0.614. The van der Waals surface area contributed by atoms with E-state index in [2.05, 4.69) is 10.1 Å². The Morgan fingerprint density at radius 2 is 1.57 bits per heavy atom. The number of ether oxygens (including phenoxy) is 1. The van der Waals surface area contributed by atoms with Gasteiger partial charge in [0.1, 0.15) is 6.54 Å². The van der Waals surface area contributed by atoms with Crippen molar-refractivity contribution in [3.63, 3.8) is 0 Å². The van der Waals surface area contributed by atoms with E-state index in [0.29, 0.717) is 0 Å². The van der Waals surface area contributed by atoms with Gasteiger partial charge in [0, 0.05) is 6.42 Å². The molecule has 1 atom stereocenters. The Morgan fingerprint density at radius 1 is 0.933 bits per heavy atom. The molecule has 0 aromatic heterocycles. The molecule has 2 aromatic carbocycles. The largest absolute Gasteiger partial charge is 0.468 e. The van der Waals surface area contributed by atoms with Gasteiger partial charge in [0.15, 0.2) is 0 Å². The molecule has 9 N–H and O–H groups in total. The third kappa shape index (κ3) is 7.23. The van der Waals surface area contributed by atoms with Crippen molar-refractivity contribution < 1.29 is 14.3 Å². The van der Waals surface area contributed by atoms with Crippen molar-refractivity contribution in [1.82, 2.24) is 5.32 Å². The van der Waals surface area contributed by atoms with Crippen molar-refractivity contribution in [3.05, 3.63) is 70.8 Å². The molecule has 0 radical (unpaired) electrons. The van der Waals surface area contributed by atoms with Crippen molar-refractivity contribution in [3.8, 4) is 0 Å². The van der Waals surface area contributed by atoms with Crippen molar-refractivity contribution in [2.75, 3.05) is 13.7 Å². The lowest BCUT2D eigenvalue weighted by molar-refractivity contribution is -0.141. The number of aryl methyl sites for hydroxylation is 1. The number of nitrogens with two attached hydrogens (primary N) is 4. The van der Waals surface area contributed by atoms with E-state index in [4.69, 9.17) is 22.9 Å². The van der Waals surface area contributed by atoms with Crippen molar-refractivity contribution in [1.29, 1.82) is 0 Å². The topological polar surface area (TPSA) is 159 Å². The normalized spacial score (nSPS) is 12.1. The van der Waals surface area contributed by atoms with Crippen LogP contribution in [0.4, 0.5) is 0 Å². The molecule has 0 spiro atoms. The highest BCUT2D eigenvalue weighted by Crippen LogP contribution is 2.27. The summed E-state index contributed by atoms with van der Waals surface area (Å²) in [5.74, 6) is -0.788. The summed E-state index contributed by atoms with van der Waals surface area (Å²) < 4.78 is 4.56. The highest BCUT2D eigenvalue weighted by atomic mass is 16.5. The zero-order chi connectivity index (χ0) is 22.1. The molecule has 1 amide bonds. The summed E-state index contributed by atoms with van der Waals surface area (Å²) in [7, 11) is 1.28. The van der Waals surface area contributed by atoms with E-state index in [-0.39, 0.29) is 24.8 Å². The Kier molecular flexibility index (Phi) is 8.94. The molecule has 8 heteroatoms. The number of rotatable bonds is 10. The first kappa shape index (κ1) is 23.5. The highest BCUT2D eigenvalue weighted by molar-refractivity contribution is 5.82. The van der Waals surface area contributed by atoms with Gasteiger partial charge in [-0.3, -0.25) is 9.59 Å². The maximum Gasteiger partial charge on any atom is 0.325 e. The molecule has 0 bridgehead atoms. The maximum atomic E-state index is 12.4. The predicted octanol–water partition coefficient (Wildman–Crippen LogP) is 0.914. The quantitative estimate of drug-likeness (QED) is 0.286. The second-order valence-electron chi connectivity index (χ2n) is 7.26. The van der Waals surface area contributed by atoms with Gasteiger partial charge in [-0.05, 0) is 41.0 Å². The lowest BCUT2D eigenvalue weighted by Gasteiger charge is -2.19. The summed E-state index contributed by atoms with van der Waals surface area (Å²) in [6, 6.07) is 15.4. The Labute approximate surface area is 176 Å². The van der Waals surface area contributed by atoms with Gasteiger partial charge in [-0.25, -0.2) is 0 Å². The summed E-state index contributed by atoms with van der Waals surface area (Å²) in [5, 5.41) is 2.60. The predicted molar refractivity (Wildman–Crippen MR) is 116 cm³/mol. The number of nitrogens with one attached hydrogen (secondary N) is 1. The average Bonchev–Trinajstić information content (AvgIpc) is 2.75. The van der Waals surface area contributed by atoms with Gasteiger partial charge in [-0.2, -0.15) is 0 Å². The number of benzene rings is 2. The molecule has 0 heterocycles. The minimum atomic E-state index is -0.591.